The lowest BCUT2D eigenvalue weighted by atomic mass is 10.2. The van der Waals surface area contributed by atoms with Gasteiger partial charge in [-0.1, -0.05) is 29.8 Å². The lowest BCUT2D eigenvalue weighted by Crippen LogP contribution is -2.45. The maximum atomic E-state index is 12.7. The Morgan fingerprint density at radius 2 is 1.72 bits per heavy atom. The fourth-order valence-electron chi connectivity index (χ4n) is 2.49. The van der Waals surface area contributed by atoms with E-state index in [0.717, 1.165) is 21.0 Å². The Hall–Kier alpha value is -1.99. The van der Waals surface area contributed by atoms with Gasteiger partial charge in [-0.2, -0.15) is 0 Å². The van der Waals surface area contributed by atoms with E-state index in [2.05, 4.69) is 5.32 Å². The van der Waals surface area contributed by atoms with Crippen molar-refractivity contribution in [2.45, 2.75) is 24.8 Å². The molecule has 2 rings (SSSR count). The molecule has 1 N–H and O–H groups in total. The molecule has 0 aliphatic heterocycles. The van der Waals surface area contributed by atoms with E-state index in [9.17, 15) is 13.2 Å². The number of para-hydroxylation sites is 1. The molecule has 0 fully saturated rings. The smallest absolute Gasteiger partial charge is 0.248 e. The second kappa shape index (κ2) is 7.93. The first-order valence-corrected chi connectivity index (χ1v) is 10.8. The summed E-state index contributed by atoms with van der Waals surface area (Å²) in [6.07, 6.45) is 3.02. The number of nitrogens with zero attached hydrogens (tertiary/aromatic N) is 1. The third-order valence-corrected chi connectivity index (χ3v) is 5.78. The van der Waals surface area contributed by atoms with Crippen molar-refractivity contribution in [1.82, 2.24) is 0 Å². The number of nitrogens with one attached hydrogen (secondary N) is 1. The van der Waals surface area contributed by atoms with Gasteiger partial charge in [0.2, 0.25) is 15.9 Å². The first kappa shape index (κ1) is 19.3. The minimum absolute atomic E-state index is 0.382. The van der Waals surface area contributed by atoms with Crippen LogP contribution in [-0.2, 0) is 14.8 Å². The average Bonchev–Trinajstić information content (AvgIpc) is 2.56. The van der Waals surface area contributed by atoms with Gasteiger partial charge in [0.15, 0.2) is 0 Å². The topological polar surface area (TPSA) is 66.5 Å². The highest BCUT2D eigenvalue weighted by atomic mass is 32.2. The van der Waals surface area contributed by atoms with Crippen molar-refractivity contribution in [1.29, 1.82) is 0 Å². The highest BCUT2D eigenvalue weighted by Gasteiger charge is 2.29. The summed E-state index contributed by atoms with van der Waals surface area (Å²) in [5.74, 6) is -0.382. The molecular weight excluding hydrogens is 356 g/mol. The molecule has 7 heteroatoms. The fourth-order valence-corrected chi connectivity index (χ4v) is 4.21. The van der Waals surface area contributed by atoms with Crippen molar-refractivity contribution in [3.63, 3.8) is 0 Å². The van der Waals surface area contributed by atoms with Crippen LogP contribution in [0.5, 0.6) is 0 Å². The van der Waals surface area contributed by atoms with E-state index in [0.29, 0.717) is 11.4 Å². The number of benzene rings is 2. The maximum absolute atomic E-state index is 12.7. The molecule has 0 saturated carbocycles. The molecule has 2 aromatic carbocycles. The van der Waals surface area contributed by atoms with Gasteiger partial charge in [-0.15, -0.1) is 11.8 Å². The van der Waals surface area contributed by atoms with E-state index in [4.69, 9.17) is 0 Å². The molecule has 25 heavy (non-hydrogen) atoms. The SMILES string of the molecule is CSc1ccccc1NC(=O)[C@@H](C)N(c1ccc(C)cc1)S(C)(=O)=O. The first-order chi connectivity index (χ1) is 11.7. The molecule has 134 valence electrons. The zero-order chi connectivity index (χ0) is 18.6. The van der Waals surface area contributed by atoms with Crippen LogP contribution in [0, 0.1) is 6.92 Å². The number of sulfonamides is 1. The van der Waals surface area contributed by atoms with Crippen LogP contribution >= 0.6 is 11.8 Å². The van der Waals surface area contributed by atoms with Gasteiger partial charge in [0, 0.05) is 4.90 Å². The molecule has 1 atom stereocenters. The average molecular weight is 379 g/mol. The minimum Gasteiger partial charge on any atom is -0.323 e. The normalized spacial score (nSPS) is 12.5. The number of rotatable bonds is 6. The lowest BCUT2D eigenvalue weighted by Gasteiger charge is -2.28. The van der Waals surface area contributed by atoms with Gasteiger partial charge in [-0.25, -0.2) is 8.42 Å². The Morgan fingerprint density at radius 3 is 2.28 bits per heavy atom. The van der Waals surface area contributed by atoms with Crippen LogP contribution in [0.1, 0.15) is 12.5 Å². The van der Waals surface area contributed by atoms with Gasteiger partial charge in [0.25, 0.3) is 0 Å². The van der Waals surface area contributed by atoms with Crippen LogP contribution in [0.4, 0.5) is 11.4 Å². The van der Waals surface area contributed by atoms with E-state index in [-0.39, 0.29) is 5.91 Å². The van der Waals surface area contributed by atoms with Gasteiger partial charge in [-0.3, -0.25) is 9.10 Å². The molecule has 1 amide bonds. The summed E-state index contributed by atoms with van der Waals surface area (Å²) < 4.78 is 25.7. The number of thioether (sulfide) groups is 1. The standard InChI is InChI=1S/C18H22N2O3S2/c1-13-9-11-15(12-10-13)20(25(4,22)23)14(2)18(21)19-16-7-5-6-8-17(16)24-3/h5-12,14H,1-4H3,(H,19,21)/t14-/m1/s1. The van der Waals surface area contributed by atoms with Crippen molar-refractivity contribution in [2.24, 2.45) is 0 Å². The summed E-state index contributed by atoms with van der Waals surface area (Å²) in [7, 11) is -3.62. The van der Waals surface area contributed by atoms with Crippen molar-refractivity contribution < 1.29 is 13.2 Å². The number of amides is 1. The van der Waals surface area contributed by atoms with Gasteiger partial charge in [0.1, 0.15) is 6.04 Å². The Labute approximate surface area is 153 Å². The summed E-state index contributed by atoms with van der Waals surface area (Å²) in [4.78, 5) is 13.6. The maximum Gasteiger partial charge on any atom is 0.248 e. The van der Waals surface area contributed by atoms with E-state index in [1.165, 1.54) is 11.8 Å². The lowest BCUT2D eigenvalue weighted by molar-refractivity contribution is -0.116. The zero-order valence-electron chi connectivity index (χ0n) is 14.7. The van der Waals surface area contributed by atoms with Crippen LogP contribution in [-0.4, -0.2) is 32.9 Å². The number of hydrogen-bond donors (Lipinski definition) is 1. The van der Waals surface area contributed by atoms with Crippen molar-refractivity contribution >= 4 is 39.1 Å². The zero-order valence-corrected chi connectivity index (χ0v) is 16.3. The van der Waals surface area contributed by atoms with Gasteiger partial charge < -0.3 is 5.32 Å². The third kappa shape index (κ3) is 4.76. The number of anilines is 2. The Bertz CT molecular complexity index is 849. The van der Waals surface area contributed by atoms with Crippen molar-refractivity contribution in [3.05, 3.63) is 54.1 Å². The van der Waals surface area contributed by atoms with Crippen molar-refractivity contribution in [2.75, 3.05) is 22.1 Å². The summed E-state index contributed by atoms with van der Waals surface area (Å²) >= 11 is 1.51. The Morgan fingerprint density at radius 1 is 1.12 bits per heavy atom. The van der Waals surface area contributed by atoms with Crippen LogP contribution in [0.25, 0.3) is 0 Å². The van der Waals surface area contributed by atoms with Crippen LogP contribution in [0.15, 0.2) is 53.4 Å². The summed E-state index contributed by atoms with van der Waals surface area (Å²) in [5, 5.41) is 2.83. The second-order valence-corrected chi connectivity index (χ2v) is 8.47. The van der Waals surface area contributed by atoms with E-state index >= 15 is 0 Å². The molecule has 0 radical (unpaired) electrons. The van der Waals surface area contributed by atoms with Crippen LogP contribution in [0.2, 0.25) is 0 Å². The highest BCUT2D eigenvalue weighted by molar-refractivity contribution is 7.98. The molecule has 5 nitrogen and oxygen atoms in total. The summed E-state index contributed by atoms with van der Waals surface area (Å²) in [6.45, 7) is 3.50. The van der Waals surface area contributed by atoms with Gasteiger partial charge in [-0.05, 0) is 44.4 Å². The quantitative estimate of drug-likeness (QED) is 0.781. The predicted molar refractivity (Wildman–Crippen MR) is 105 cm³/mol. The van der Waals surface area contributed by atoms with E-state index in [1.807, 2.05) is 43.5 Å². The first-order valence-electron chi connectivity index (χ1n) is 7.74. The Balaban J connectivity index is 2.31. The molecule has 0 unspecified atom stereocenters. The minimum atomic E-state index is -3.62. The molecule has 0 aliphatic carbocycles. The summed E-state index contributed by atoms with van der Waals surface area (Å²) in [6, 6.07) is 13.6. The predicted octanol–water partition coefficient (Wildman–Crippen LogP) is 3.51. The number of hydrogen-bond acceptors (Lipinski definition) is 4. The molecule has 0 bridgehead atoms. The molecule has 0 heterocycles. The fraction of sp³-hybridized carbons (Fsp3) is 0.278. The molecule has 0 spiro atoms. The van der Waals surface area contributed by atoms with E-state index < -0.39 is 16.1 Å². The second-order valence-electron chi connectivity index (χ2n) is 5.76. The van der Waals surface area contributed by atoms with Crippen LogP contribution in [0.3, 0.4) is 0 Å². The monoisotopic (exact) mass is 378 g/mol. The van der Waals surface area contributed by atoms with Gasteiger partial charge >= 0.3 is 0 Å². The number of carbonyl (C=O) groups is 1. The molecule has 2 aromatic rings. The molecule has 0 aliphatic rings. The third-order valence-electron chi connectivity index (χ3n) is 3.74. The number of carbonyl (C=O) groups excluding carboxylic acids is 1. The Kier molecular flexibility index (Phi) is 6.13. The molecule has 0 saturated heterocycles. The molecular formula is C18H22N2O3S2. The molecule has 0 aromatic heterocycles. The van der Waals surface area contributed by atoms with Crippen molar-refractivity contribution in [3.8, 4) is 0 Å². The highest BCUT2D eigenvalue weighted by Crippen LogP contribution is 2.26. The summed E-state index contributed by atoms with van der Waals surface area (Å²) in [5.41, 5.74) is 2.15. The largest absolute Gasteiger partial charge is 0.323 e. The van der Waals surface area contributed by atoms with Gasteiger partial charge in [0.05, 0.1) is 17.6 Å². The van der Waals surface area contributed by atoms with E-state index in [1.54, 1.807) is 25.1 Å². The number of aryl methyl sites for hydroxylation is 1. The van der Waals surface area contributed by atoms with Crippen LogP contribution < -0.4 is 9.62 Å².